The molecule has 10 rings (SSSR count). The van der Waals surface area contributed by atoms with Gasteiger partial charge in [-0.2, -0.15) is 0 Å². The Labute approximate surface area is 294 Å². The molecular formula is C47H32N2S. The van der Waals surface area contributed by atoms with Crippen LogP contribution >= 0.6 is 11.3 Å². The van der Waals surface area contributed by atoms with E-state index in [0.717, 1.165) is 23.5 Å². The van der Waals surface area contributed by atoms with Crippen LogP contribution < -0.4 is 0 Å². The summed E-state index contributed by atoms with van der Waals surface area (Å²) in [6.45, 7) is 2.26. The van der Waals surface area contributed by atoms with Crippen molar-refractivity contribution in [2.45, 2.75) is 13.3 Å². The van der Waals surface area contributed by atoms with Crippen LogP contribution in [0.15, 0.2) is 164 Å². The average molecular weight is 657 g/mol. The van der Waals surface area contributed by atoms with Crippen molar-refractivity contribution in [3.63, 3.8) is 0 Å². The largest absolute Gasteiger partial charge is 0.292 e. The first-order valence-corrected chi connectivity index (χ1v) is 18.1. The molecule has 0 N–H and O–H groups in total. The Morgan fingerprint density at radius 3 is 1.88 bits per heavy atom. The van der Waals surface area contributed by atoms with Gasteiger partial charge in [-0.3, -0.25) is 4.57 Å². The summed E-state index contributed by atoms with van der Waals surface area (Å²) in [5.41, 5.74) is 10.6. The van der Waals surface area contributed by atoms with E-state index < -0.39 is 0 Å². The lowest BCUT2D eigenvalue weighted by molar-refractivity contribution is 1.01. The van der Waals surface area contributed by atoms with Gasteiger partial charge < -0.3 is 0 Å². The number of pyridine rings is 1. The maximum absolute atomic E-state index is 5.60. The number of aromatic nitrogens is 2. The van der Waals surface area contributed by atoms with E-state index in [9.17, 15) is 0 Å². The highest BCUT2D eigenvalue weighted by molar-refractivity contribution is 7.27. The van der Waals surface area contributed by atoms with Gasteiger partial charge in [0, 0.05) is 37.4 Å². The summed E-state index contributed by atoms with van der Waals surface area (Å²) in [5.74, 6) is 0.995. The van der Waals surface area contributed by atoms with Crippen LogP contribution in [-0.4, -0.2) is 9.55 Å². The normalized spacial score (nSPS) is 11.8. The van der Waals surface area contributed by atoms with Crippen LogP contribution in [0.3, 0.4) is 0 Å². The monoisotopic (exact) mass is 656 g/mol. The second-order valence-electron chi connectivity index (χ2n) is 12.9. The molecular weight excluding hydrogens is 625 g/mol. The first kappa shape index (κ1) is 28.9. The van der Waals surface area contributed by atoms with Crippen LogP contribution in [0.4, 0.5) is 0 Å². The van der Waals surface area contributed by atoms with Crippen LogP contribution in [0.1, 0.15) is 12.5 Å². The fourth-order valence-corrected chi connectivity index (χ4v) is 9.22. The van der Waals surface area contributed by atoms with E-state index in [-0.39, 0.29) is 0 Å². The maximum atomic E-state index is 5.60. The zero-order valence-electron chi connectivity index (χ0n) is 27.6. The van der Waals surface area contributed by atoms with E-state index in [1.807, 2.05) is 11.3 Å². The third-order valence-corrected chi connectivity index (χ3v) is 11.3. The fraction of sp³-hybridized carbons (Fsp3) is 0.0426. The van der Waals surface area contributed by atoms with Crippen molar-refractivity contribution in [2.24, 2.45) is 0 Å². The highest BCUT2D eigenvalue weighted by Crippen LogP contribution is 2.49. The molecule has 0 atom stereocenters. The number of rotatable bonds is 5. The van der Waals surface area contributed by atoms with Crippen LogP contribution in [-0.2, 0) is 6.42 Å². The van der Waals surface area contributed by atoms with Crippen LogP contribution in [0.5, 0.6) is 0 Å². The molecule has 2 nitrogen and oxygen atoms in total. The van der Waals surface area contributed by atoms with E-state index in [1.54, 1.807) is 0 Å². The minimum absolute atomic E-state index is 0.845. The van der Waals surface area contributed by atoms with Crippen molar-refractivity contribution in [3.8, 4) is 39.3 Å². The Bertz CT molecular complexity index is 2880. The van der Waals surface area contributed by atoms with Gasteiger partial charge in [0.15, 0.2) is 0 Å². The molecule has 0 radical (unpaired) electrons. The molecule has 0 saturated carbocycles. The van der Waals surface area contributed by atoms with Crippen molar-refractivity contribution in [2.75, 3.05) is 0 Å². The maximum Gasteiger partial charge on any atom is 0.142 e. The van der Waals surface area contributed by atoms with Crippen LogP contribution in [0.25, 0.3) is 92.1 Å². The summed E-state index contributed by atoms with van der Waals surface area (Å²) < 4.78 is 5.07. The van der Waals surface area contributed by atoms with E-state index in [1.165, 1.54) is 80.6 Å². The van der Waals surface area contributed by atoms with Gasteiger partial charge in [0.2, 0.25) is 0 Å². The number of thiophene rings is 1. The molecule has 0 unspecified atom stereocenters. The Hall–Kier alpha value is -6.03. The third-order valence-electron chi connectivity index (χ3n) is 10.2. The SMILES string of the molecule is CCc1c(-c2ccccc2)cc(-c2ccccc2)nc1-n1c2ccccc2c2cc(-c3ccccc3)c3c(sc4ccc5ccccc5c43)c21. The van der Waals surface area contributed by atoms with Gasteiger partial charge in [0.25, 0.3) is 0 Å². The molecule has 0 amide bonds. The Morgan fingerprint density at radius 2 is 1.16 bits per heavy atom. The van der Waals surface area contributed by atoms with Crippen LogP contribution in [0, 0.1) is 0 Å². The molecule has 0 bridgehead atoms. The predicted molar refractivity (Wildman–Crippen MR) is 215 cm³/mol. The first-order chi connectivity index (χ1) is 24.8. The average Bonchev–Trinajstić information content (AvgIpc) is 3.75. The third kappa shape index (κ3) is 4.37. The smallest absolute Gasteiger partial charge is 0.142 e. The van der Waals surface area contributed by atoms with Crippen LogP contribution in [0.2, 0.25) is 0 Å². The van der Waals surface area contributed by atoms with Crippen molar-refractivity contribution < 1.29 is 0 Å². The minimum Gasteiger partial charge on any atom is -0.292 e. The topological polar surface area (TPSA) is 17.8 Å². The number of para-hydroxylation sites is 1. The van der Waals surface area contributed by atoms with Gasteiger partial charge in [-0.1, -0.05) is 146 Å². The molecule has 3 heterocycles. The molecule has 0 aliphatic heterocycles. The minimum atomic E-state index is 0.845. The van der Waals surface area contributed by atoms with Crippen molar-refractivity contribution in [3.05, 3.63) is 169 Å². The molecule has 3 heteroatoms. The Kier molecular flexibility index (Phi) is 6.68. The van der Waals surface area contributed by atoms with E-state index in [0.29, 0.717) is 0 Å². The van der Waals surface area contributed by atoms with E-state index in [2.05, 4.69) is 175 Å². The number of benzene rings is 7. The molecule has 0 aliphatic carbocycles. The van der Waals surface area contributed by atoms with Gasteiger partial charge in [-0.15, -0.1) is 11.3 Å². The molecule has 7 aromatic carbocycles. The second-order valence-corrected chi connectivity index (χ2v) is 14.0. The zero-order chi connectivity index (χ0) is 33.2. The molecule has 10 aromatic rings. The molecule has 236 valence electrons. The van der Waals surface area contributed by atoms with Gasteiger partial charge in [-0.25, -0.2) is 4.98 Å². The Morgan fingerprint density at radius 1 is 0.540 bits per heavy atom. The number of hydrogen-bond donors (Lipinski definition) is 0. The summed E-state index contributed by atoms with van der Waals surface area (Å²) >= 11 is 1.90. The molecule has 50 heavy (non-hydrogen) atoms. The lowest BCUT2D eigenvalue weighted by atomic mass is 9.94. The first-order valence-electron chi connectivity index (χ1n) is 17.3. The van der Waals surface area contributed by atoms with E-state index >= 15 is 0 Å². The summed E-state index contributed by atoms with van der Waals surface area (Å²) in [7, 11) is 0. The standard InChI is InChI=1S/C47H32N2S/c1-2-34-37(30-16-6-3-7-17-30)29-40(33-21-10-5-11-22-33)48-47(34)49-41-25-15-14-24-36(41)39-28-38(31-18-8-4-9-19-31)44-43-35-23-13-12-20-32(35)26-27-42(43)50-46(44)45(39)49/h3-29H,2H2,1H3. The molecule has 0 aliphatic rings. The summed E-state index contributed by atoms with van der Waals surface area (Å²) in [4.78, 5) is 5.60. The van der Waals surface area contributed by atoms with Crippen molar-refractivity contribution >= 4 is 64.1 Å². The van der Waals surface area contributed by atoms with Gasteiger partial charge in [0.05, 0.1) is 21.4 Å². The lowest BCUT2D eigenvalue weighted by Gasteiger charge is -2.19. The quantitative estimate of drug-likeness (QED) is 0.180. The van der Waals surface area contributed by atoms with Gasteiger partial charge in [0.1, 0.15) is 5.82 Å². The predicted octanol–water partition coefficient (Wildman–Crippen LogP) is 13.3. The molecule has 3 aromatic heterocycles. The summed E-state index contributed by atoms with van der Waals surface area (Å²) in [6, 6.07) is 59.3. The van der Waals surface area contributed by atoms with Crippen molar-refractivity contribution in [1.82, 2.24) is 9.55 Å². The van der Waals surface area contributed by atoms with Crippen molar-refractivity contribution in [1.29, 1.82) is 0 Å². The summed E-state index contributed by atoms with van der Waals surface area (Å²) in [6.07, 6.45) is 0.845. The Balaban J connectivity index is 1.43. The number of hydrogen-bond acceptors (Lipinski definition) is 2. The number of nitrogens with zero attached hydrogens (tertiary/aromatic N) is 2. The van der Waals surface area contributed by atoms with Gasteiger partial charge >= 0.3 is 0 Å². The molecule has 0 saturated heterocycles. The number of fused-ring (bicyclic) bond motifs is 9. The van der Waals surface area contributed by atoms with Gasteiger partial charge in [-0.05, 0) is 63.7 Å². The second kappa shape index (κ2) is 11.5. The lowest BCUT2D eigenvalue weighted by Crippen LogP contribution is -2.06. The highest BCUT2D eigenvalue weighted by Gasteiger charge is 2.25. The van der Waals surface area contributed by atoms with E-state index in [4.69, 9.17) is 4.98 Å². The zero-order valence-corrected chi connectivity index (χ0v) is 28.4. The fourth-order valence-electron chi connectivity index (χ4n) is 7.93. The molecule has 0 spiro atoms. The summed E-state index contributed by atoms with van der Waals surface area (Å²) in [5, 5.41) is 7.67. The highest BCUT2D eigenvalue weighted by atomic mass is 32.1. The molecule has 0 fully saturated rings.